The van der Waals surface area contributed by atoms with Crippen molar-refractivity contribution < 1.29 is 0 Å². The first-order valence-corrected chi connectivity index (χ1v) is 12.4. The molecule has 0 bridgehead atoms. The Kier molecular flexibility index (Phi) is 6.94. The highest BCUT2D eigenvalue weighted by atomic mass is 32.1. The van der Waals surface area contributed by atoms with Gasteiger partial charge in [-0.1, -0.05) is 45.0 Å². The maximum absolute atomic E-state index is 9.52. The predicted molar refractivity (Wildman–Crippen MR) is 135 cm³/mol. The van der Waals surface area contributed by atoms with Gasteiger partial charge in [0.25, 0.3) is 0 Å². The van der Waals surface area contributed by atoms with E-state index in [1.807, 2.05) is 13.1 Å². The molecule has 2 aromatic heterocycles. The highest BCUT2D eigenvalue weighted by molar-refractivity contribution is 7.15. The van der Waals surface area contributed by atoms with Crippen LogP contribution in [0, 0.1) is 29.6 Å². The Hall–Kier alpha value is -2.98. The number of anilines is 2. The molecule has 0 unspecified atom stereocenters. The van der Waals surface area contributed by atoms with Gasteiger partial charge in [-0.2, -0.15) is 10.2 Å². The van der Waals surface area contributed by atoms with Crippen LogP contribution in [0.4, 0.5) is 11.8 Å². The second kappa shape index (κ2) is 9.88. The molecule has 0 saturated heterocycles. The highest BCUT2D eigenvalue weighted by Gasteiger charge is 2.34. The van der Waals surface area contributed by atoms with Crippen molar-refractivity contribution in [3.05, 3.63) is 52.8 Å². The number of thiazole rings is 1. The highest BCUT2D eigenvalue weighted by Crippen LogP contribution is 2.41. The van der Waals surface area contributed by atoms with Crippen LogP contribution in [0.5, 0.6) is 0 Å². The van der Waals surface area contributed by atoms with Crippen molar-refractivity contribution in [3.8, 4) is 16.5 Å². The quantitative estimate of drug-likeness (QED) is 0.445. The summed E-state index contributed by atoms with van der Waals surface area (Å²) in [7, 11) is 0. The predicted octanol–water partition coefficient (Wildman–Crippen LogP) is 6.06. The molecule has 2 N–H and O–H groups in total. The first kappa shape index (κ1) is 23.2. The Balaban J connectivity index is 1.35. The molecule has 0 amide bonds. The topological polar surface area (TPSA) is 86.5 Å². The fourth-order valence-electron chi connectivity index (χ4n) is 4.40. The van der Waals surface area contributed by atoms with E-state index in [0.29, 0.717) is 29.3 Å². The number of hydrogen-bond donors (Lipinski definition) is 2. The number of rotatable bonds is 7. The van der Waals surface area contributed by atoms with Crippen molar-refractivity contribution in [1.29, 1.82) is 5.26 Å². The first-order chi connectivity index (χ1) is 15.8. The summed E-state index contributed by atoms with van der Waals surface area (Å²) in [5.74, 6) is 1.89. The second-order valence-electron chi connectivity index (χ2n) is 9.70. The summed E-state index contributed by atoms with van der Waals surface area (Å²) in [4.78, 5) is 14.5. The van der Waals surface area contributed by atoms with E-state index in [1.54, 1.807) is 17.5 Å². The van der Waals surface area contributed by atoms with Crippen LogP contribution in [0.2, 0.25) is 0 Å². The van der Waals surface area contributed by atoms with Crippen molar-refractivity contribution in [2.45, 2.75) is 59.4 Å². The van der Waals surface area contributed by atoms with Crippen LogP contribution in [0.1, 0.15) is 56.2 Å². The molecule has 3 aromatic rings. The zero-order valence-electron chi connectivity index (χ0n) is 19.9. The van der Waals surface area contributed by atoms with Gasteiger partial charge in [-0.15, -0.1) is 11.3 Å². The van der Waals surface area contributed by atoms with Crippen molar-refractivity contribution in [2.24, 2.45) is 11.3 Å². The lowest BCUT2D eigenvalue weighted by molar-refractivity contribution is 0.143. The molecule has 33 heavy (non-hydrogen) atoms. The molecule has 1 aromatic carbocycles. The summed E-state index contributed by atoms with van der Waals surface area (Å²) in [5, 5.41) is 17.4. The lowest BCUT2D eigenvalue weighted by Crippen LogP contribution is -2.37. The Morgan fingerprint density at radius 1 is 1.15 bits per heavy atom. The summed E-state index contributed by atoms with van der Waals surface area (Å²) < 4.78 is 0. The van der Waals surface area contributed by atoms with Crippen molar-refractivity contribution in [2.75, 3.05) is 17.2 Å². The molecule has 2 atom stereocenters. The van der Waals surface area contributed by atoms with E-state index in [9.17, 15) is 5.26 Å². The van der Waals surface area contributed by atoms with Gasteiger partial charge < -0.3 is 10.6 Å². The minimum atomic E-state index is 0.283. The zero-order chi connectivity index (χ0) is 23.4. The van der Waals surface area contributed by atoms with Crippen LogP contribution >= 0.6 is 11.3 Å². The van der Waals surface area contributed by atoms with Crippen LogP contribution < -0.4 is 10.6 Å². The number of hydrogen-bond acceptors (Lipinski definition) is 7. The van der Waals surface area contributed by atoms with Gasteiger partial charge in [0.15, 0.2) is 0 Å². The Morgan fingerprint density at radius 3 is 2.61 bits per heavy atom. The minimum Gasteiger partial charge on any atom is -0.366 e. The van der Waals surface area contributed by atoms with Crippen LogP contribution in [-0.2, 0) is 6.42 Å². The van der Waals surface area contributed by atoms with Crippen molar-refractivity contribution in [1.82, 2.24) is 15.0 Å². The summed E-state index contributed by atoms with van der Waals surface area (Å²) in [6.07, 6.45) is 7.76. The molecule has 0 radical (unpaired) electrons. The Labute approximate surface area is 200 Å². The number of aryl methyl sites for hydroxylation is 1. The van der Waals surface area contributed by atoms with E-state index in [2.05, 4.69) is 76.7 Å². The van der Waals surface area contributed by atoms with Gasteiger partial charge in [-0.25, -0.2) is 9.97 Å². The Bertz CT molecular complexity index is 1130. The van der Waals surface area contributed by atoms with Gasteiger partial charge in [0.1, 0.15) is 17.5 Å². The molecule has 6 nitrogen and oxygen atoms in total. The Morgan fingerprint density at radius 2 is 1.94 bits per heavy atom. The van der Waals surface area contributed by atoms with Crippen molar-refractivity contribution >= 4 is 23.1 Å². The fraction of sp³-hybridized carbons (Fsp3) is 0.462. The smallest absolute Gasteiger partial charge is 0.224 e. The number of nitrogens with one attached hydrogen (secondary N) is 2. The van der Waals surface area contributed by atoms with E-state index in [0.717, 1.165) is 30.8 Å². The number of nitriles is 1. The zero-order valence-corrected chi connectivity index (χ0v) is 20.7. The molecule has 172 valence electrons. The minimum absolute atomic E-state index is 0.283. The largest absolute Gasteiger partial charge is 0.366 e. The van der Waals surface area contributed by atoms with E-state index >= 15 is 0 Å². The van der Waals surface area contributed by atoms with Gasteiger partial charge in [0, 0.05) is 18.8 Å². The third-order valence-electron chi connectivity index (χ3n) is 6.86. The van der Waals surface area contributed by atoms with Gasteiger partial charge >= 0.3 is 0 Å². The standard InChI is InChI=1S/C26H32N6S/c1-17-5-10-22(13-26(17,3)4)31-24-21(14-27)15-30-25(32-24)28-12-11-19-6-8-20(9-7-19)23-16-29-18(2)33-23/h6-9,15-17,22H,5,10-13H2,1-4H3,(H2,28,30,31,32)/t17-,22+/m0/s1. The van der Waals surface area contributed by atoms with E-state index < -0.39 is 0 Å². The molecular formula is C26H32N6S. The van der Waals surface area contributed by atoms with Crippen LogP contribution in [0.25, 0.3) is 10.4 Å². The molecule has 1 aliphatic rings. The average Bonchev–Trinajstić information content (AvgIpc) is 3.23. The van der Waals surface area contributed by atoms with Gasteiger partial charge in [-0.3, -0.25) is 0 Å². The molecule has 1 saturated carbocycles. The molecule has 1 aliphatic carbocycles. The third kappa shape index (κ3) is 5.69. The van der Waals surface area contributed by atoms with Crippen molar-refractivity contribution in [3.63, 3.8) is 0 Å². The first-order valence-electron chi connectivity index (χ1n) is 11.6. The molecule has 4 rings (SSSR count). The summed E-state index contributed by atoms with van der Waals surface area (Å²) in [6, 6.07) is 11.2. The average molecular weight is 461 g/mol. The van der Waals surface area contributed by atoms with Gasteiger partial charge in [-0.05, 0) is 55.1 Å². The summed E-state index contributed by atoms with van der Waals surface area (Å²) in [6.45, 7) is 9.73. The molecular weight excluding hydrogens is 428 g/mol. The summed E-state index contributed by atoms with van der Waals surface area (Å²) in [5.41, 5.74) is 3.22. The van der Waals surface area contributed by atoms with Crippen LogP contribution in [0.3, 0.4) is 0 Å². The second-order valence-corrected chi connectivity index (χ2v) is 10.9. The maximum Gasteiger partial charge on any atom is 0.224 e. The SMILES string of the molecule is Cc1ncc(-c2ccc(CCNc3ncc(C#N)c(N[C@@H]4CC[C@H](C)C(C)(C)C4)n3)cc2)s1. The van der Waals surface area contributed by atoms with E-state index in [1.165, 1.54) is 22.4 Å². The molecule has 1 fully saturated rings. The number of benzene rings is 1. The molecule has 7 heteroatoms. The van der Waals surface area contributed by atoms with E-state index in [-0.39, 0.29) is 5.41 Å². The van der Waals surface area contributed by atoms with E-state index in [4.69, 9.17) is 0 Å². The molecule has 0 aliphatic heterocycles. The normalized spacial score (nSPS) is 19.6. The lowest BCUT2D eigenvalue weighted by atomic mass is 9.68. The summed E-state index contributed by atoms with van der Waals surface area (Å²) >= 11 is 1.71. The molecule has 2 heterocycles. The monoisotopic (exact) mass is 460 g/mol. The fourth-order valence-corrected chi connectivity index (χ4v) is 5.19. The van der Waals surface area contributed by atoms with Gasteiger partial charge in [0.2, 0.25) is 5.95 Å². The maximum atomic E-state index is 9.52. The van der Waals surface area contributed by atoms with Crippen LogP contribution in [-0.4, -0.2) is 27.5 Å². The number of nitrogens with zero attached hydrogens (tertiary/aromatic N) is 4. The third-order valence-corrected chi connectivity index (χ3v) is 7.82. The van der Waals surface area contributed by atoms with Crippen LogP contribution in [0.15, 0.2) is 36.7 Å². The van der Waals surface area contributed by atoms with Gasteiger partial charge in [0.05, 0.1) is 16.1 Å². The molecule has 0 spiro atoms. The lowest BCUT2D eigenvalue weighted by Gasteiger charge is -2.41. The number of aromatic nitrogens is 3.